The van der Waals surface area contributed by atoms with Gasteiger partial charge in [0, 0.05) is 22.3 Å². The molecule has 0 aliphatic rings. The molecule has 0 saturated heterocycles. The van der Waals surface area contributed by atoms with Gasteiger partial charge in [-0.3, -0.25) is 0 Å². The summed E-state index contributed by atoms with van der Waals surface area (Å²) in [7, 11) is 0. The standard InChI is InChI=1S/C9H13ClN2O/c1-5(11)9(13)7-4-6(10)2-3-8(7)12/h2-5,9,13H,11-12H2,1H3/t5-,9+/m0/s1. The Hall–Kier alpha value is -0.770. The molecule has 0 aliphatic heterocycles. The van der Waals surface area contributed by atoms with E-state index < -0.39 is 6.10 Å². The first kappa shape index (κ1) is 10.3. The average molecular weight is 201 g/mol. The maximum atomic E-state index is 9.64. The molecule has 0 bridgehead atoms. The van der Waals surface area contributed by atoms with Gasteiger partial charge in [0.15, 0.2) is 0 Å². The van der Waals surface area contributed by atoms with Crippen LogP contribution in [-0.4, -0.2) is 11.1 Å². The number of anilines is 1. The van der Waals surface area contributed by atoms with Gasteiger partial charge in [0.2, 0.25) is 0 Å². The van der Waals surface area contributed by atoms with Crippen LogP contribution in [-0.2, 0) is 0 Å². The summed E-state index contributed by atoms with van der Waals surface area (Å²) in [6.45, 7) is 1.71. The molecule has 0 aliphatic carbocycles. The lowest BCUT2D eigenvalue weighted by Gasteiger charge is -2.16. The number of rotatable bonds is 2. The van der Waals surface area contributed by atoms with E-state index in [1.54, 1.807) is 25.1 Å². The van der Waals surface area contributed by atoms with Crippen LogP contribution in [0.5, 0.6) is 0 Å². The number of aliphatic hydroxyl groups is 1. The molecule has 0 fully saturated rings. The van der Waals surface area contributed by atoms with E-state index in [2.05, 4.69) is 0 Å². The second-order valence-electron chi connectivity index (χ2n) is 3.08. The highest BCUT2D eigenvalue weighted by molar-refractivity contribution is 6.30. The Morgan fingerprint density at radius 2 is 2.08 bits per heavy atom. The lowest BCUT2D eigenvalue weighted by atomic mass is 10.0. The van der Waals surface area contributed by atoms with Crippen molar-refractivity contribution in [2.45, 2.75) is 19.1 Å². The molecule has 5 N–H and O–H groups in total. The predicted octanol–water partition coefficient (Wildman–Crippen LogP) is 1.30. The molecule has 0 saturated carbocycles. The van der Waals surface area contributed by atoms with Gasteiger partial charge in [-0.05, 0) is 25.1 Å². The maximum Gasteiger partial charge on any atom is 0.0958 e. The van der Waals surface area contributed by atoms with E-state index in [9.17, 15) is 5.11 Å². The highest BCUT2D eigenvalue weighted by Crippen LogP contribution is 2.25. The van der Waals surface area contributed by atoms with Gasteiger partial charge in [0.25, 0.3) is 0 Å². The van der Waals surface area contributed by atoms with Crippen LogP contribution in [0, 0.1) is 0 Å². The molecule has 0 heterocycles. The van der Waals surface area contributed by atoms with Crippen molar-refractivity contribution in [2.24, 2.45) is 5.73 Å². The summed E-state index contributed by atoms with van der Waals surface area (Å²) < 4.78 is 0. The molecular weight excluding hydrogens is 188 g/mol. The summed E-state index contributed by atoms with van der Waals surface area (Å²) in [6, 6.07) is 4.60. The number of nitrogen functional groups attached to an aromatic ring is 1. The molecule has 0 spiro atoms. The third kappa shape index (κ3) is 2.34. The van der Waals surface area contributed by atoms with E-state index in [-0.39, 0.29) is 6.04 Å². The van der Waals surface area contributed by atoms with Crippen molar-refractivity contribution in [1.29, 1.82) is 0 Å². The molecule has 1 aromatic rings. The first-order valence-electron chi connectivity index (χ1n) is 4.01. The van der Waals surface area contributed by atoms with Gasteiger partial charge in [0.05, 0.1) is 6.10 Å². The lowest BCUT2D eigenvalue weighted by molar-refractivity contribution is 0.154. The molecule has 0 unspecified atom stereocenters. The molecule has 72 valence electrons. The molecule has 1 aromatic carbocycles. The van der Waals surface area contributed by atoms with Gasteiger partial charge in [0.1, 0.15) is 0 Å². The minimum Gasteiger partial charge on any atom is -0.398 e. The van der Waals surface area contributed by atoms with Crippen molar-refractivity contribution < 1.29 is 5.11 Å². The molecule has 0 amide bonds. The number of halogens is 1. The molecule has 4 heteroatoms. The minimum absolute atomic E-state index is 0.360. The largest absolute Gasteiger partial charge is 0.398 e. The molecular formula is C9H13ClN2O. The van der Waals surface area contributed by atoms with Crippen molar-refractivity contribution in [1.82, 2.24) is 0 Å². The Labute approximate surface area is 82.3 Å². The lowest BCUT2D eigenvalue weighted by Crippen LogP contribution is -2.25. The monoisotopic (exact) mass is 200 g/mol. The molecule has 0 aromatic heterocycles. The van der Waals surface area contributed by atoms with Crippen LogP contribution in [0.25, 0.3) is 0 Å². The molecule has 1 rings (SSSR count). The van der Waals surface area contributed by atoms with Crippen LogP contribution in [0.3, 0.4) is 0 Å². The van der Waals surface area contributed by atoms with Crippen LogP contribution < -0.4 is 11.5 Å². The Morgan fingerprint density at radius 3 is 2.62 bits per heavy atom. The van der Waals surface area contributed by atoms with Gasteiger partial charge in [-0.2, -0.15) is 0 Å². The summed E-state index contributed by atoms with van der Waals surface area (Å²) in [6.07, 6.45) is -0.765. The zero-order chi connectivity index (χ0) is 10.0. The Balaban J connectivity index is 3.05. The zero-order valence-electron chi connectivity index (χ0n) is 7.37. The second-order valence-corrected chi connectivity index (χ2v) is 3.51. The molecule has 2 atom stereocenters. The number of hydrogen-bond donors (Lipinski definition) is 3. The van der Waals surface area contributed by atoms with E-state index in [0.717, 1.165) is 0 Å². The first-order valence-corrected chi connectivity index (χ1v) is 4.38. The Morgan fingerprint density at radius 1 is 1.46 bits per heavy atom. The van der Waals surface area contributed by atoms with Crippen LogP contribution in [0.1, 0.15) is 18.6 Å². The fraction of sp³-hybridized carbons (Fsp3) is 0.333. The van der Waals surface area contributed by atoms with Crippen LogP contribution in [0.4, 0.5) is 5.69 Å². The van der Waals surface area contributed by atoms with Gasteiger partial charge in [-0.25, -0.2) is 0 Å². The van der Waals surface area contributed by atoms with Crippen molar-refractivity contribution in [2.75, 3.05) is 5.73 Å². The highest BCUT2D eigenvalue weighted by atomic mass is 35.5. The molecule has 3 nitrogen and oxygen atoms in total. The van der Waals surface area contributed by atoms with Crippen molar-refractivity contribution >= 4 is 17.3 Å². The van der Waals surface area contributed by atoms with Crippen LogP contribution in [0.2, 0.25) is 5.02 Å². The van der Waals surface area contributed by atoms with E-state index in [1.807, 2.05) is 0 Å². The van der Waals surface area contributed by atoms with Crippen LogP contribution >= 0.6 is 11.6 Å². The minimum atomic E-state index is -0.765. The second kappa shape index (κ2) is 3.96. The Kier molecular flexibility index (Phi) is 3.14. The SMILES string of the molecule is C[C@H](N)[C@@H](O)c1cc(Cl)ccc1N. The smallest absolute Gasteiger partial charge is 0.0958 e. The van der Waals surface area contributed by atoms with E-state index in [1.165, 1.54) is 0 Å². The van der Waals surface area contributed by atoms with E-state index in [0.29, 0.717) is 16.3 Å². The number of hydrogen-bond acceptors (Lipinski definition) is 3. The number of aliphatic hydroxyl groups excluding tert-OH is 1. The van der Waals surface area contributed by atoms with Crippen molar-refractivity contribution in [3.63, 3.8) is 0 Å². The number of nitrogens with two attached hydrogens (primary N) is 2. The van der Waals surface area contributed by atoms with Gasteiger partial charge in [-0.15, -0.1) is 0 Å². The maximum absolute atomic E-state index is 9.64. The van der Waals surface area contributed by atoms with Gasteiger partial charge >= 0.3 is 0 Å². The zero-order valence-corrected chi connectivity index (χ0v) is 8.12. The molecule has 0 radical (unpaired) electrons. The predicted molar refractivity (Wildman–Crippen MR) is 54.5 cm³/mol. The third-order valence-electron chi connectivity index (χ3n) is 1.87. The summed E-state index contributed by atoms with van der Waals surface area (Å²) in [5.41, 5.74) is 12.3. The summed E-state index contributed by atoms with van der Waals surface area (Å²) >= 11 is 5.76. The topological polar surface area (TPSA) is 72.3 Å². The van der Waals surface area contributed by atoms with Crippen molar-refractivity contribution in [3.8, 4) is 0 Å². The summed E-state index contributed by atoms with van der Waals surface area (Å²) in [5, 5.41) is 10.2. The fourth-order valence-corrected chi connectivity index (χ4v) is 1.27. The Bertz CT molecular complexity index is 302. The van der Waals surface area contributed by atoms with Gasteiger partial charge in [-0.1, -0.05) is 11.6 Å². The fourth-order valence-electron chi connectivity index (χ4n) is 1.08. The summed E-state index contributed by atoms with van der Waals surface area (Å²) in [5.74, 6) is 0. The average Bonchev–Trinajstić information content (AvgIpc) is 2.08. The van der Waals surface area contributed by atoms with E-state index >= 15 is 0 Å². The first-order chi connectivity index (χ1) is 6.02. The number of benzene rings is 1. The summed E-state index contributed by atoms with van der Waals surface area (Å²) in [4.78, 5) is 0. The van der Waals surface area contributed by atoms with Crippen LogP contribution in [0.15, 0.2) is 18.2 Å². The molecule has 13 heavy (non-hydrogen) atoms. The third-order valence-corrected chi connectivity index (χ3v) is 2.10. The highest BCUT2D eigenvalue weighted by Gasteiger charge is 2.15. The van der Waals surface area contributed by atoms with Crippen molar-refractivity contribution in [3.05, 3.63) is 28.8 Å². The quantitative estimate of drug-likeness (QED) is 0.631. The van der Waals surface area contributed by atoms with Gasteiger partial charge < -0.3 is 16.6 Å². The normalized spacial score (nSPS) is 15.4. The van der Waals surface area contributed by atoms with E-state index in [4.69, 9.17) is 23.1 Å².